The lowest BCUT2D eigenvalue weighted by molar-refractivity contribution is -0.124. The Hall–Kier alpha value is -2.99. The fourth-order valence-electron chi connectivity index (χ4n) is 3.55. The summed E-state index contributed by atoms with van der Waals surface area (Å²) in [5, 5.41) is 4.10. The molecule has 2 heterocycles. The van der Waals surface area contributed by atoms with Crippen molar-refractivity contribution < 1.29 is 9.32 Å². The number of aromatic nitrogens is 2. The standard InChI is InChI=1S/C20H20N4O2/c1-13-6-2-4-8-15(13)20-22-17(26-23-20)12-24-11-10-14-7-3-5-9-16(14)18(24)19(21)25/h2-9,18H,10-12H2,1H3,(H2,21,25). The van der Waals surface area contributed by atoms with Gasteiger partial charge in [-0.25, -0.2) is 0 Å². The zero-order chi connectivity index (χ0) is 18.1. The first-order valence-corrected chi connectivity index (χ1v) is 8.63. The number of aryl methyl sites for hydroxylation is 1. The van der Waals surface area contributed by atoms with Gasteiger partial charge in [0.1, 0.15) is 6.04 Å². The third-order valence-corrected chi connectivity index (χ3v) is 4.85. The molecule has 26 heavy (non-hydrogen) atoms. The second-order valence-electron chi connectivity index (χ2n) is 6.55. The lowest BCUT2D eigenvalue weighted by Gasteiger charge is -2.34. The number of carbonyl (C=O) groups excluding carboxylic acids is 1. The molecule has 0 aliphatic carbocycles. The largest absolute Gasteiger partial charge is 0.368 e. The normalized spacial score (nSPS) is 17.0. The highest BCUT2D eigenvalue weighted by Crippen LogP contribution is 2.31. The van der Waals surface area contributed by atoms with E-state index < -0.39 is 6.04 Å². The van der Waals surface area contributed by atoms with Gasteiger partial charge in [-0.2, -0.15) is 4.98 Å². The fourth-order valence-corrected chi connectivity index (χ4v) is 3.55. The number of hydrogen-bond donors (Lipinski definition) is 1. The molecular formula is C20H20N4O2. The maximum absolute atomic E-state index is 12.1. The van der Waals surface area contributed by atoms with E-state index in [4.69, 9.17) is 10.3 Å². The summed E-state index contributed by atoms with van der Waals surface area (Å²) >= 11 is 0. The van der Waals surface area contributed by atoms with Crippen LogP contribution in [0.2, 0.25) is 0 Å². The minimum atomic E-state index is -0.478. The van der Waals surface area contributed by atoms with Crippen LogP contribution in [0, 0.1) is 6.92 Å². The Balaban J connectivity index is 1.60. The molecule has 0 saturated heterocycles. The highest BCUT2D eigenvalue weighted by Gasteiger charge is 2.32. The number of benzene rings is 2. The van der Waals surface area contributed by atoms with Crippen LogP contribution in [0.25, 0.3) is 11.4 Å². The molecule has 6 nitrogen and oxygen atoms in total. The van der Waals surface area contributed by atoms with E-state index in [1.54, 1.807) is 0 Å². The van der Waals surface area contributed by atoms with Crippen molar-refractivity contribution in [3.63, 3.8) is 0 Å². The molecule has 1 atom stereocenters. The smallest absolute Gasteiger partial charge is 0.241 e. The molecule has 0 radical (unpaired) electrons. The SMILES string of the molecule is Cc1ccccc1-c1noc(CN2CCc3ccccc3C2C(N)=O)n1. The fraction of sp³-hybridized carbons (Fsp3) is 0.250. The average Bonchev–Trinajstić information content (AvgIpc) is 3.10. The van der Waals surface area contributed by atoms with Crippen molar-refractivity contribution in [2.75, 3.05) is 6.54 Å². The molecule has 1 aliphatic heterocycles. The van der Waals surface area contributed by atoms with Crippen LogP contribution in [0.15, 0.2) is 53.1 Å². The first-order valence-electron chi connectivity index (χ1n) is 8.63. The highest BCUT2D eigenvalue weighted by atomic mass is 16.5. The number of rotatable bonds is 4. The van der Waals surface area contributed by atoms with Crippen LogP contribution in [-0.2, 0) is 17.8 Å². The van der Waals surface area contributed by atoms with Gasteiger partial charge in [-0.05, 0) is 30.0 Å². The molecule has 132 valence electrons. The summed E-state index contributed by atoms with van der Waals surface area (Å²) in [5.41, 5.74) is 9.85. The van der Waals surface area contributed by atoms with Crippen molar-refractivity contribution in [1.29, 1.82) is 0 Å². The third kappa shape index (κ3) is 2.99. The molecule has 1 amide bonds. The number of nitrogens with zero attached hydrogens (tertiary/aromatic N) is 3. The molecule has 1 aromatic heterocycles. The number of hydrogen-bond acceptors (Lipinski definition) is 5. The lowest BCUT2D eigenvalue weighted by atomic mass is 9.92. The van der Waals surface area contributed by atoms with Crippen molar-refractivity contribution in [1.82, 2.24) is 15.0 Å². The van der Waals surface area contributed by atoms with Crippen LogP contribution >= 0.6 is 0 Å². The number of amides is 1. The van der Waals surface area contributed by atoms with E-state index in [1.165, 1.54) is 5.56 Å². The van der Waals surface area contributed by atoms with Gasteiger partial charge in [0.05, 0.1) is 6.54 Å². The highest BCUT2D eigenvalue weighted by molar-refractivity contribution is 5.82. The minimum Gasteiger partial charge on any atom is -0.368 e. The Kier molecular flexibility index (Phi) is 4.26. The van der Waals surface area contributed by atoms with E-state index in [0.717, 1.165) is 23.1 Å². The molecule has 6 heteroatoms. The lowest BCUT2D eigenvalue weighted by Crippen LogP contribution is -2.42. The van der Waals surface area contributed by atoms with Gasteiger partial charge in [-0.1, -0.05) is 53.7 Å². The summed E-state index contributed by atoms with van der Waals surface area (Å²) in [6, 6.07) is 15.3. The molecule has 0 fully saturated rings. The minimum absolute atomic E-state index is 0.365. The molecule has 0 spiro atoms. The zero-order valence-electron chi connectivity index (χ0n) is 14.6. The van der Waals surface area contributed by atoms with Crippen LogP contribution in [-0.4, -0.2) is 27.5 Å². The van der Waals surface area contributed by atoms with Crippen molar-refractivity contribution in [2.24, 2.45) is 5.73 Å². The molecule has 3 aromatic rings. The van der Waals surface area contributed by atoms with Crippen molar-refractivity contribution in [3.05, 3.63) is 71.1 Å². The van der Waals surface area contributed by atoms with Gasteiger partial charge in [0.25, 0.3) is 0 Å². The Labute approximate surface area is 151 Å². The Bertz CT molecular complexity index is 950. The first kappa shape index (κ1) is 16.5. The molecular weight excluding hydrogens is 328 g/mol. The number of nitrogens with two attached hydrogens (primary N) is 1. The summed E-state index contributed by atoms with van der Waals surface area (Å²) in [7, 11) is 0. The summed E-state index contributed by atoms with van der Waals surface area (Å²) in [4.78, 5) is 18.6. The Morgan fingerprint density at radius 3 is 2.81 bits per heavy atom. The zero-order valence-corrected chi connectivity index (χ0v) is 14.6. The van der Waals surface area contributed by atoms with Crippen molar-refractivity contribution in [2.45, 2.75) is 25.9 Å². The van der Waals surface area contributed by atoms with E-state index in [0.29, 0.717) is 24.8 Å². The van der Waals surface area contributed by atoms with Crippen LogP contribution in [0.5, 0.6) is 0 Å². The maximum atomic E-state index is 12.1. The third-order valence-electron chi connectivity index (χ3n) is 4.85. The maximum Gasteiger partial charge on any atom is 0.241 e. The summed E-state index contributed by atoms with van der Waals surface area (Å²) in [6.45, 7) is 3.11. The van der Waals surface area contributed by atoms with E-state index in [1.807, 2.05) is 60.4 Å². The Morgan fingerprint density at radius 1 is 1.23 bits per heavy atom. The van der Waals surface area contributed by atoms with E-state index in [2.05, 4.69) is 10.1 Å². The van der Waals surface area contributed by atoms with Gasteiger partial charge >= 0.3 is 0 Å². The van der Waals surface area contributed by atoms with Crippen LogP contribution in [0.1, 0.15) is 28.6 Å². The second kappa shape index (κ2) is 6.72. The first-order chi connectivity index (χ1) is 12.6. The quantitative estimate of drug-likeness (QED) is 0.783. The second-order valence-corrected chi connectivity index (χ2v) is 6.55. The monoisotopic (exact) mass is 348 g/mol. The summed E-state index contributed by atoms with van der Waals surface area (Å²) in [5.74, 6) is 0.677. The van der Waals surface area contributed by atoms with E-state index in [-0.39, 0.29) is 5.91 Å². The van der Waals surface area contributed by atoms with Crippen LogP contribution in [0.4, 0.5) is 0 Å². The molecule has 2 N–H and O–H groups in total. The number of carbonyl (C=O) groups is 1. The van der Waals surface area contributed by atoms with E-state index >= 15 is 0 Å². The van der Waals surface area contributed by atoms with Crippen molar-refractivity contribution >= 4 is 5.91 Å². The average molecular weight is 348 g/mol. The topological polar surface area (TPSA) is 85.3 Å². The number of fused-ring (bicyclic) bond motifs is 1. The predicted molar refractivity (Wildman–Crippen MR) is 97.0 cm³/mol. The van der Waals surface area contributed by atoms with Gasteiger partial charge in [-0.3, -0.25) is 9.69 Å². The molecule has 0 saturated carbocycles. The van der Waals surface area contributed by atoms with Gasteiger partial charge in [0.15, 0.2) is 0 Å². The predicted octanol–water partition coefficient (Wildman–Crippen LogP) is 2.63. The molecule has 1 aliphatic rings. The van der Waals surface area contributed by atoms with Gasteiger partial charge < -0.3 is 10.3 Å². The molecule has 2 aromatic carbocycles. The van der Waals surface area contributed by atoms with Gasteiger partial charge in [0, 0.05) is 12.1 Å². The molecule has 1 unspecified atom stereocenters. The van der Waals surface area contributed by atoms with Crippen molar-refractivity contribution in [3.8, 4) is 11.4 Å². The van der Waals surface area contributed by atoms with Crippen LogP contribution < -0.4 is 5.73 Å². The Morgan fingerprint density at radius 2 is 2.00 bits per heavy atom. The summed E-state index contributed by atoms with van der Waals surface area (Å²) in [6.07, 6.45) is 0.860. The van der Waals surface area contributed by atoms with E-state index in [9.17, 15) is 4.79 Å². The van der Waals surface area contributed by atoms with Gasteiger partial charge in [0.2, 0.25) is 17.6 Å². The summed E-state index contributed by atoms with van der Waals surface area (Å²) < 4.78 is 5.44. The molecule has 0 bridgehead atoms. The number of primary amides is 1. The van der Waals surface area contributed by atoms with Gasteiger partial charge in [-0.15, -0.1) is 0 Å². The van der Waals surface area contributed by atoms with Crippen LogP contribution in [0.3, 0.4) is 0 Å². The molecule has 4 rings (SSSR count).